The molecular weight excluding hydrogens is 188 g/mol. The minimum Gasteiger partial charge on any atom is -0.487 e. The third-order valence-electron chi connectivity index (χ3n) is 1.84. The largest absolute Gasteiger partial charge is 0.487 e. The molecule has 0 aromatic heterocycles. The molecule has 3 nitrogen and oxygen atoms in total. The molecule has 0 atom stereocenters. The van der Waals surface area contributed by atoms with E-state index in [1.807, 2.05) is 45.9 Å². The zero-order chi connectivity index (χ0) is 11.6. The van der Waals surface area contributed by atoms with E-state index in [2.05, 4.69) is 0 Å². The molecule has 0 fully saturated rings. The molecule has 82 valence electrons. The van der Waals surface area contributed by atoms with Gasteiger partial charge in [-0.2, -0.15) is 0 Å². The molecule has 0 saturated carbocycles. The quantitative estimate of drug-likeness (QED) is 0.577. The van der Waals surface area contributed by atoms with E-state index in [4.69, 9.17) is 15.9 Å². The summed E-state index contributed by atoms with van der Waals surface area (Å²) in [6, 6.07) is 5.67. The lowest BCUT2D eigenvalue weighted by Crippen LogP contribution is -2.25. The van der Waals surface area contributed by atoms with Crippen LogP contribution in [0.1, 0.15) is 31.9 Å². The van der Waals surface area contributed by atoms with Gasteiger partial charge in [0.1, 0.15) is 17.2 Å². The van der Waals surface area contributed by atoms with Crippen LogP contribution in [0.25, 0.3) is 0 Å². The number of hydrogen-bond donors (Lipinski definition) is 2. The second-order valence-corrected chi connectivity index (χ2v) is 4.63. The highest BCUT2D eigenvalue weighted by atomic mass is 16.5. The molecule has 0 radical (unpaired) electrons. The van der Waals surface area contributed by atoms with Gasteiger partial charge in [-0.25, -0.2) is 0 Å². The molecule has 15 heavy (non-hydrogen) atoms. The minimum absolute atomic E-state index is 0.0398. The maximum Gasteiger partial charge on any atom is 0.131 e. The predicted octanol–water partition coefficient (Wildman–Crippen LogP) is 2.46. The Morgan fingerprint density at radius 3 is 2.40 bits per heavy atom. The highest BCUT2D eigenvalue weighted by Crippen LogP contribution is 2.23. The Labute approximate surface area is 90.8 Å². The normalized spacial score (nSPS) is 11.2. The zero-order valence-electron chi connectivity index (χ0n) is 9.72. The van der Waals surface area contributed by atoms with Crippen LogP contribution in [0.5, 0.6) is 5.75 Å². The Balaban J connectivity index is 3.12. The Bertz CT molecular complexity index is 378. The van der Waals surface area contributed by atoms with Crippen molar-refractivity contribution in [3.8, 4) is 5.75 Å². The van der Waals surface area contributed by atoms with Crippen molar-refractivity contribution >= 4 is 5.84 Å². The van der Waals surface area contributed by atoms with Crippen LogP contribution < -0.4 is 10.5 Å². The van der Waals surface area contributed by atoms with Crippen LogP contribution in [0.15, 0.2) is 18.2 Å². The lowest BCUT2D eigenvalue weighted by atomic mass is 10.1. The molecule has 3 heteroatoms. The van der Waals surface area contributed by atoms with Crippen molar-refractivity contribution in [2.24, 2.45) is 5.73 Å². The average molecular weight is 206 g/mol. The summed E-state index contributed by atoms with van der Waals surface area (Å²) in [6.45, 7) is 7.87. The number of nitrogens with two attached hydrogens (primary N) is 1. The number of nitrogen functional groups attached to an aromatic ring is 1. The number of hydrogen-bond acceptors (Lipinski definition) is 2. The number of nitrogens with one attached hydrogen (secondary N) is 1. The molecule has 0 aliphatic carbocycles. The molecule has 0 aliphatic rings. The Morgan fingerprint density at radius 2 is 1.93 bits per heavy atom. The van der Waals surface area contributed by atoms with E-state index in [-0.39, 0.29) is 11.4 Å². The van der Waals surface area contributed by atoms with E-state index < -0.39 is 0 Å². The lowest BCUT2D eigenvalue weighted by molar-refractivity contribution is 0.130. The smallest absolute Gasteiger partial charge is 0.131 e. The van der Waals surface area contributed by atoms with Crippen LogP contribution in [0.3, 0.4) is 0 Å². The van der Waals surface area contributed by atoms with E-state index >= 15 is 0 Å². The van der Waals surface area contributed by atoms with Crippen molar-refractivity contribution in [2.75, 3.05) is 0 Å². The fourth-order valence-corrected chi connectivity index (χ4v) is 1.27. The van der Waals surface area contributed by atoms with Gasteiger partial charge in [0.05, 0.1) is 5.56 Å². The third kappa shape index (κ3) is 3.27. The number of ether oxygens (including phenoxy) is 1. The molecule has 0 heterocycles. The summed E-state index contributed by atoms with van der Waals surface area (Å²) in [5, 5.41) is 7.48. The van der Waals surface area contributed by atoms with Crippen molar-refractivity contribution in [2.45, 2.75) is 33.3 Å². The molecule has 0 amide bonds. The molecule has 3 N–H and O–H groups in total. The number of amidine groups is 1. The first-order valence-electron chi connectivity index (χ1n) is 4.93. The average Bonchev–Trinajstić information content (AvgIpc) is 2.05. The van der Waals surface area contributed by atoms with Crippen LogP contribution >= 0.6 is 0 Å². The third-order valence-corrected chi connectivity index (χ3v) is 1.84. The molecule has 0 spiro atoms. The Hall–Kier alpha value is -1.51. The van der Waals surface area contributed by atoms with Gasteiger partial charge >= 0.3 is 0 Å². The van der Waals surface area contributed by atoms with Crippen molar-refractivity contribution in [3.05, 3.63) is 29.3 Å². The van der Waals surface area contributed by atoms with Gasteiger partial charge < -0.3 is 10.5 Å². The molecule has 0 bridgehead atoms. The van der Waals surface area contributed by atoms with Crippen LogP contribution in [-0.2, 0) is 0 Å². The maximum absolute atomic E-state index is 7.48. The van der Waals surface area contributed by atoms with Crippen molar-refractivity contribution in [1.82, 2.24) is 0 Å². The SMILES string of the molecule is Cc1ccc(OC(C)(C)C)c(C(=N)N)c1. The van der Waals surface area contributed by atoms with E-state index in [1.54, 1.807) is 0 Å². The zero-order valence-corrected chi connectivity index (χ0v) is 9.72. The minimum atomic E-state index is -0.278. The van der Waals surface area contributed by atoms with Crippen molar-refractivity contribution in [3.63, 3.8) is 0 Å². The summed E-state index contributed by atoms with van der Waals surface area (Å²) < 4.78 is 5.73. The van der Waals surface area contributed by atoms with E-state index in [0.29, 0.717) is 11.3 Å². The Kier molecular flexibility index (Phi) is 3.03. The maximum atomic E-state index is 7.48. The fourth-order valence-electron chi connectivity index (χ4n) is 1.27. The lowest BCUT2D eigenvalue weighted by Gasteiger charge is -2.23. The van der Waals surface area contributed by atoms with Crippen LogP contribution in [0.4, 0.5) is 0 Å². The highest BCUT2D eigenvalue weighted by molar-refractivity contribution is 5.97. The topological polar surface area (TPSA) is 59.1 Å². The molecule has 0 unspecified atom stereocenters. The second-order valence-electron chi connectivity index (χ2n) is 4.63. The van der Waals surface area contributed by atoms with E-state index in [9.17, 15) is 0 Å². The fraction of sp³-hybridized carbons (Fsp3) is 0.417. The molecule has 1 aromatic rings. The monoisotopic (exact) mass is 206 g/mol. The summed E-state index contributed by atoms with van der Waals surface area (Å²) in [6.07, 6.45) is 0. The van der Waals surface area contributed by atoms with Gasteiger partial charge in [-0.1, -0.05) is 11.6 Å². The van der Waals surface area contributed by atoms with Crippen molar-refractivity contribution < 1.29 is 4.74 Å². The Morgan fingerprint density at radius 1 is 1.33 bits per heavy atom. The standard InChI is InChI=1S/C12H18N2O/c1-8-5-6-10(15-12(2,3)4)9(7-8)11(13)14/h5-7H,1-4H3,(H3,13,14). The van der Waals surface area contributed by atoms with Crippen molar-refractivity contribution in [1.29, 1.82) is 5.41 Å². The highest BCUT2D eigenvalue weighted by Gasteiger charge is 2.15. The summed E-state index contributed by atoms with van der Waals surface area (Å²) in [4.78, 5) is 0. The van der Waals surface area contributed by atoms with Gasteiger partial charge in [0.25, 0.3) is 0 Å². The van der Waals surface area contributed by atoms with E-state index in [1.165, 1.54) is 0 Å². The summed E-state index contributed by atoms with van der Waals surface area (Å²) in [7, 11) is 0. The van der Waals surface area contributed by atoms with Gasteiger partial charge in [0.2, 0.25) is 0 Å². The van der Waals surface area contributed by atoms with E-state index in [0.717, 1.165) is 5.56 Å². The van der Waals surface area contributed by atoms with Gasteiger partial charge in [-0.05, 0) is 39.8 Å². The molecule has 1 aromatic carbocycles. The molecular formula is C12H18N2O. The first-order valence-corrected chi connectivity index (χ1v) is 4.93. The number of rotatable bonds is 2. The van der Waals surface area contributed by atoms with Gasteiger partial charge in [-0.15, -0.1) is 0 Å². The first-order chi connectivity index (χ1) is 6.79. The van der Waals surface area contributed by atoms with Gasteiger partial charge in [0.15, 0.2) is 0 Å². The summed E-state index contributed by atoms with van der Waals surface area (Å²) in [5.74, 6) is 0.707. The van der Waals surface area contributed by atoms with Crippen LogP contribution in [0, 0.1) is 12.3 Å². The molecule has 0 aliphatic heterocycles. The van der Waals surface area contributed by atoms with Gasteiger partial charge in [-0.3, -0.25) is 5.41 Å². The predicted molar refractivity (Wildman–Crippen MR) is 62.6 cm³/mol. The number of benzene rings is 1. The van der Waals surface area contributed by atoms with Gasteiger partial charge in [0, 0.05) is 0 Å². The summed E-state index contributed by atoms with van der Waals surface area (Å²) >= 11 is 0. The number of aryl methyl sites for hydroxylation is 1. The second kappa shape index (κ2) is 3.93. The van der Waals surface area contributed by atoms with Crippen LogP contribution in [-0.4, -0.2) is 11.4 Å². The summed E-state index contributed by atoms with van der Waals surface area (Å²) in [5.41, 5.74) is 6.96. The molecule has 1 rings (SSSR count). The van der Waals surface area contributed by atoms with Crippen LogP contribution in [0.2, 0.25) is 0 Å². The molecule has 0 saturated heterocycles. The first kappa shape index (κ1) is 11.6.